The predicted molar refractivity (Wildman–Crippen MR) is 117 cm³/mol. The van der Waals surface area contributed by atoms with Crippen molar-refractivity contribution in [1.29, 1.82) is 0 Å². The second-order valence-corrected chi connectivity index (χ2v) is 7.38. The summed E-state index contributed by atoms with van der Waals surface area (Å²) in [4.78, 5) is 44.1. The Morgan fingerprint density at radius 2 is 1.86 bits per heavy atom. The fourth-order valence-corrected chi connectivity index (χ4v) is 4.10. The zero-order valence-corrected chi connectivity index (χ0v) is 18.6. The number of guanidine groups is 1. The lowest BCUT2D eigenvalue weighted by Crippen LogP contribution is -2.44. The van der Waals surface area contributed by atoms with E-state index in [0.717, 1.165) is 6.42 Å². The van der Waals surface area contributed by atoms with Gasteiger partial charge in [-0.05, 0) is 18.3 Å². The summed E-state index contributed by atoms with van der Waals surface area (Å²) in [5, 5.41) is 6.11. The Morgan fingerprint density at radius 1 is 1.25 bits per heavy atom. The molecule has 2 aliphatic carbocycles. The molecule has 1 saturated carbocycles. The average Bonchev–Trinajstić information content (AvgIpc) is 3.32. The number of carbonyl (C=O) groups is 3. The number of halogens is 1. The summed E-state index contributed by atoms with van der Waals surface area (Å²) in [7, 11) is 3.34. The zero-order valence-electron chi connectivity index (χ0n) is 16.3. The Morgan fingerprint density at radius 3 is 2.39 bits per heavy atom. The van der Waals surface area contributed by atoms with Gasteiger partial charge in [0.15, 0.2) is 5.96 Å². The molecule has 0 radical (unpaired) electrons. The average molecular weight is 501 g/mol. The van der Waals surface area contributed by atoms with Gasteiger partial charge in [0.2, 0.25) is 17.7 Å². The molecule has 1 heterocycles. The molecule has 4 atom stereocenters. The minimum Gasteiger partial charge on any atom is -0.355 e. The van der Waals surface area contributed by atoms with Crippen LogP contribution in [0.4, 0.5) is 0 Å². The summed E-state index contributed by atoms with van der Waals surface area (Å²) in [5.74, 6) is 0.333. The summed E-state index contributed by atoms with van der Waals surface area (Å²) in [6, 6.07) is 0. The molecular weight excluding hydrogens is 473 g/mol. The maximum atomic E-state index is 12.7. The summed E-state index contributed by atoms with van der Waals surface area (Å²) in [6.07, 6.45) is 6.79. The van der Waals surface area contributed by atoms with E-state index in [1.165, 1.54) is 9.80 Å². The van der Waals surface area contributed by atoms with E-state index in [2.05, 4.69) is 34.4 Å². The first-order valence-electron chi connectivity index (χ1n) is 9.30. The summed E-state index contributed by atoms with van der Waals surface area (Å²) in [6.45, 7) is 4.82. The van der Waals surface area contributed by atoms with Gasteiger partial charge in [-0.1, -0.05) is 18.2 Å². The first-order chi connectivity index (χ1) is 12.9. The van der Waals surface area contributed by atoms with Gasteiger partial charge in [0.1, 0.15) is 6.54 Å². The lowest BCUT2D eigenvalue weighted by Gasteiger charge is -2.18. The lowest BCUT2D eigenvalue weighted by atomic mass is 9.85. The third-order valence-corrected chi connectivity index (χ3v) is 5.47. The van der Waals surface area contributed by atoms with Crippen LogP contribution < -0.4 is 10.6 Å². The molecule has 1 aliphatic heterocycles. The number of amides is 3. The Balaban J connectivity index is 0.00000280. The van der Waals surface area contributed by atoms with Gasteiger partial charge in [-0.3, -0.25) is 19.3 Å². The SMILES string of the molecule is C=CCNC(=NCC(=O)N(C)C)NCCN1C(=O)C2C3C=CC(C3)C2C1=O.I. The fraction of sp³-hybridized carbons (Fsp3) is 0.579. The van der Waals surface area contributed by atoms with Crippen LogP contribution in [0.25, 0.3) is 0 Å². The molecule has 0 aromatic heterocycles. The number of aliphatic imine (C=N–C) groups is 1. The molecule has 8 nitrogen and oxygen atoms in total. The van der Waals surface area contributed by atoms with E-state index in [1.54, 1.807) is 20.2 Å². The fourth-order valence-electron chi connectivity index (χ4n) is 4.10. The topological polar surface area (TPSA) is 94.1 Å². The van der Waals surface area contributed by atoms with Crippen molar-refractivity contribution in [3.8, 4) is 0 Å². The number of nitrogens with one attached hydrogen (secondary N) is 2. The molecule has 154 valence electrons. The van der Waals surface area contributed by atoms with Gasteiger partial charge in [-0.2, -0.15) is 0 Å². The third kappa shape index (κ3) is 4.39. The number of likely N-dealkylation sites (tertiary alicyclic amines) is 1. The predicted octanol–water partition coefficient (Wildman–Crippen LogP) is 0.221. The molecule has 28 heavy (non-hydrogen) atoms. The molecule has 3 rings (SSSR count). The molecule has 0 aromatic carbocycles. The Hall–Kier alpha value is -1.91. The molecule has 0 spiro atoms. The minimum atomic E-state index is -0.169. The van der Waals surface area contributed by atoms with Gasteiger partial charge in [-0.25, -0.2) is 4.99 Å². The monoisotopic (exact) mass is 501 g/mol. The number of likely N-dealkylation sites (N-methyl/N-ethyl adjacent to an activating group) is 1. The van der Waals surface area contributed by atoms with Crippen molar-refractivity contribution in [2.24, 2.45) is 28.7 Å². The quantitative estimate of drug-likeness (QED) is 0.171. The van der Waals surface area contributed by atoms with Gasteiger partial charge in [0.25, 0.3) is 0 Å². The maximum absolute atomic E-state index is 12.7. The second-order valence-electron chi connectivity index (χ2n) is 7.38. The van der Waals surface area contributed by atoms with E-state index in [1.807, 2.05) is 0 Å². The Bertz CT molecular complexity index is 676. The van der Waals surface area contributed by atoms with E-state index in [9.17, 15) is 14.4 Å². The number of carbonyl (C=O) groups excluding carboxylic acids is 3. The number of imide groups is 1. The minimum absolute atomic E-state index is 0. The van der Waals surface area contributed by atoms with Crippen LogP contribution in [0.3, 0.4) is 0 Å². The van der Waals surface area contributed by atoms with Gasteiger partial charge >= 0.3 is 0 Å². The van der Waals surface area contributed by atoms with E-state index in [4.69, 9.17) is 0 Å². The van der Waals surface area contributed by atoms with Gasteiger partial charge < -0.3 is 15.5 Å². The molecule has 1 saturated heterocycles. The molecule has 2 N–H and O–H groups in total. The highest BCUT2D eigenvalue weighted by Gasteiger charge is 2.58. The first kappa shape index (κ1) is 22.4. The molecular formula is C19H28IN5O3. The van der Waals surface area contributed by atoms with Crippen LogP contribution in [0.15, 0.2) is 29.8 Å². The van der Waals surface area contributed by atoms with Crippen molar-refractivity contribution >= 4 is 47.7 Å². The van der Waals surface area contributed by atoms with Gasteiger partial charge in [0, 0.05) is 33.7 Å². The Kier molecular flexibility index (Phi) is 7.62. The summed E-state index contributed by atoms with van der Waals surface area (Å²) < 4.78 is 0. The van der Waals surface area contributed by atoms with Crippen LogP contribution in [0.1, 0.15) is 6.42 Å². The normalized spacial score (nSPS) is 27.5. The number of nitrogens with zero attached hydrogens (tertiary/aromatic N) is 3. The van der Waals surface area contributed by atoms with E-state index < -0.39 is 0 Å². The maximum Gasteiger partial charge on any atom is 0.243 e. The smallest absolute Gasteiger partial charge is 0.243 e. The van der Waals surface area contributed by atoms with Crippen molar-refractivity contribution in [1.82, 2.24) is 20.4 Å². The van der Waals surface area contributed by atoms with Crippen molar-refractivity contribution in [3.63, 3.8) is 0 Å². The Labute approximate surface area is 182 Å². The summed E-state index contributed by atoms with van der Waals surface area (Å²) in [5.41, 5.74) is 0. The molecule has 4 unspecified atom stereocenters. The van der Waals surface area contributed by atoms with Crippen molar-refractivity contribution in [2.45, 2.75) is 6.42 Å². The number of fused-ring (bicyclic) bond motifs is 5. The molecule has 2 bridgehead atoms. The van der Waals surface area contributed by atoms with Gasteiger partial charge in [0.05, 0.1) is 11.8 Å². The van der Waals surface area contributed by atoms with Crippen LogP contribution in [-0.4, -0.2) is 73.8 Å². The van der Waals surface area contributed by atoms with Crippen LogP contribution in [0, 0.1) is 23.7 Å². The van der Waals surface area contributed by atoms with E-state index in [-0.39, 0.29) is 71.9 Å². The number of hydrogen-bond acceptors (Lipinski definition) is 4. The standard InChI is InChI=1S/C19H27N5O3.HI/c1-4-7-20-19(22-11-14(25)23(2)3)21-8-9-24-17(26)15-12-5-6-13(10-12)16(15)18(24)27;/h4-6,12-13,15-16H,1,7-11H2,2-3H3,(H2,20,21,22);1H. The van der Waals surface area contributed by atoms with Crippen LogP contribution in [-0.2, 0) is 14.4 Å². The van der Waals surface area contributed by atoms with Crippen molar-refractivity contribution in [3.05, 3.63) is 24.8 Å². The largest absolute Gasteiger partial charge is 0.355 e. The van der Waals surface area contributed by atoms with Crippen LogP contribution in [0.2, 0.25) is 0 Å². The zero-order chi connectivity index (χ0) is 19.6. The second kappa shape index (κ2) is 9.53. The number of rotatable bonds is 7. The van der Waals surface area contributed by atoms with Crippen LogP contribution in [0.5, 0.6) is 0 Å². The van der Waals surface area contributed by atoms with E-state index in [0.29, 0.717) is 25.6 Å². The first-order valence-corrected chi connectivity index (χ1v) is 9.30. The summed E-state index contributed by atoms with van der Waals surface area (Å²) >= 11 is 0. The third-order valence-electron chi connectivity index (χ3n) is 5.47. The molecule has 3 aliphatic rings. The van der Waals surface area contributed by atoms with E-state index >= 15 is 0 Å². The number of allylic oxidation sites excluding steroid dienone is 2. The lowest BCUT2D eigenvalue weighted by molar-refractivity contribution is -0.140. The highest BCUT2D eigenvalue weighted by Crippen LogP contribution is 2.52. The van der Waals surface area contributed by atoms with Crippen molar-refractivity contribution in [2.75, 3.05) is 40.3 Å². The van der Waals surface area contributed by atoms with Gasteiger partial charge in [-0.15, -0.1) is 30.6 Å². The van der Waals surface area contributed by atoms with Crippen molar-refractivity contribution < 1.29 is 14.4 Å². The highest BCUT2D eigenvalue weighted by molar-refractivity contribution is 14.0. The molecule has 0 aromatic rings. The molecule has 9 heteroatoms. The molecule has 3 amide bonds. The van der Waals surface area contributed by atoms with Crippen LogP contribution >= 0.6 is 24.0 Å². The highest BCUT2D eigenvalue weighted by atomic mass is 127. The molecule has 2 fully saturated rings. The number of hydrogen-bond donors (Lipinski definition) is 2.